The maximum absolute atomic E-state index is 10.7. The van der Waals surface area contributed by atoms with Crippen molar-refractivity contribution < 1.29 is 9.53 Å². The summed E-state index contributed by atoms with van der Waals surface area (Å²) < 4.78 is 5.44. The van der Waals surface area contributed by atoms with Crippen molar-refractivity contribution in [1.82, 2.24) is 5.32 Å². The molecule has 0 unspecified atom stereocenters. The number of hydrogen-bond acceptors (Lipinski definition) is 2. The highest BCUT2D eigenvalue weighted by atomic mass is 16.5. The van der Waals surface area contributed by atoms with Crippen molar-refractivity contribution in [2.24, 2.45) is 5.41 Å². The summed E-state index contributed by atoms with van der Waals surface area (Å²) in [5.41, 5.74) is 0.213. The van der Waals surface area contributed by atoms with E-state index < -0.39 is 0 Å². The molecule has 0 aromatic heterocycles. The summed E-state index contributed by atoms with van der Waals surface area (Å²) in [5, 5.41) is 2.69. The van der Waals surface area contributed by atoms with Crippen LogP contribution >= 0.6 is 0 Å². The monoisotopic (exact) mass is 199 g/mol. The average Bonchev–Trinajstić information content (AvgIpc) is 2.08. The van der Waals surface area contributed by atoms with Gasteiger partial charge in [-0.15, -0.1) is 0 Å². The van der Waals surface area contributed by atoms with Crippen molar-refractivity contribution in [3.05, 3.63) is 12.7 Å². The van der Waals surface area contributed by atoms with E-state index in [9.17, 15) is 4.79 Å². The van der Waals surface area contributed by atoms with Gasteiger partial charge in [-0.05, 0) is 17.9 Å². The van der Waals surface area contributed by atoms with Gasteiger partial charge in [-0.3, -0.25) is 4.79 Å². The van der Waals surface area contributed by atoms with Crippen LogP contribution in [-0.4, -0.2) is 25.7 Å². The van der Waals surface area contributed by atoms with Crippen molar-refractivity contribution in [1.29, 1.82) is 0 Å². The lowest BCUT2D eigenvalue weighted by molar-refractivity contribution is -0.116. The third-order valence-electron chi connectivity index (χ3n) is 1.49. The Morgan fingerprint density at radius 2 is 2.14 bits per heavy atom. The third kappa shape index (κ3) is 9.26. The molecule has 0 bridgehead atoms. The Labute approximate surface area is 86.5 Å². The summed E-state index contributed by atoms with van der Waals surface area (Å²) in [7, 11) is 0. The van der Waals surface area contributed by atoms with E-state index in [0.717, 1.165) is 13.0 Å². The van der Waals surface area contributed by atoms with Gasteiger partial charge in [0.2, 0.25) is 5.91 Å². The van der Waals surface area contributed by atoms with Crippen molar-refractivity contribution in [3.8, 4) is 0 Å². The van der Waals surface area contributed by atoms with Crippen LogP contribution in [0.3, 0.4) is 0 Å². The Hall–Kier alpha value is -0.830. The van der Waals surface area contributed by atoms with Crippen LogP contribution in [0.15, 0.2) is 12.7 Å². The van der Waals surface area contributed by atoms with Crippen LogP contribution in [-0.2, 0) is 9.53 Å². The smallest absolute Gasteiger partial charge is 0.243 e. The van der Waals surface area contributed by atoms with Crippen molar-refractivity contribution in [2.45, 2.75) is 27.2 Å². The number of carbonyl (C=O) groups excluding carboxylic acids is 1. The number of carbonyl (C=O) groups is 1. The molecule has 0 spiro atoms. The summed E-state index contributed by atoms with van der Waals surface area (Å²) in [6, 6.07) is 0. The molecule has 14 heavy (non-hydrogen) atoms. The zero-order chi connectivity index (χ0) is 11.0. The zero-order valence-electron chi connectivity index (χ0n) is 9.43. The van der Waals surface area contributed by atoms with E-state index in [-0.39, 0.29) is 11.3 Å². The van der Waals surface area contributed by atoms with Crippen LogP contribution in [0.1, 0.15) is 27.2 Å². The number of rotatable bonds is 6. The van der Waals surface area contributed by atoms with E-state index in [1.165, 1.54) is 6.08 Å². The molecular weight excluding hydrogens is 178 g/mol. The molecule has 1 N–H and O–H groups in total. The second kappa shape index (κ2) is 6.60. The maximum Gasteiger partial charge on any atom is 0.243 e. The van der Waals surface area contributed by atoms with Gasteiger partial charge in [0.15, 0.2) is 0 Å². The lowest BCUT2D eigenvalue weighted by Crippen LogP contribution is -2.23. The number of amides is 1. The molecule has 3 nitrogen and oxygen atoms in total. The number of nitrogens with one attached hydrogen (secondary N) is 1. The minimum absolute atomic E-state index is 0.124. The Bertz CT molecular complexity index is 182. The average molecular weight is 199 g/mol. The number of ether oxygens (including phenoxy) is 1. The van der Waals surface area contributed by atoms with Gasteiger partial charge in [-0.2, -0.15) is 0 Å². The Kier molecular flexibility index (Phi) is 6.21. The maximum atomic E-state index is 10.7. The van der Waals surface area contributed by atoms with Gasteiger partial charge in [0.05, 0.1) is 6.61 Å². The lowest BCUT2D eigenvalue weighted by Gasteiger charge is -2.17. The fraction of sp³-hybridized carbons (Fsp3) is 0.727. The van der Waals surface area contributed by atoms with Crippen LogP contribution in [0.5, 0.6) is 0 Å². The number of hydrogen-bond donors (Lipinski definition) is 1. The fourth-order valence-corrected chi connectivity index (χ4v) is 0.836. The van der Waals surface area contributed by atoms with Gasteiger partial charge < -0.3 is 10.1 Å². The molecule has 3 heteroatoms. The standard InChI is InChI=1S/C11H21NO2/c1-5-10(13)12-7-6-8-14-9-11(2,3)4/h5H,1,6-9H2,2-4H3,(H,12,13). The van der Waals surface area contributed by atoms with E-state index in [0.29, 0.717) is 13.2 Å². The van der Waals surface area contributed by atoms with Gasteiger partial charge >= 0.3 is 0 Å². The Balaban J connectivity index is 3.22. The SMILES string of the molecule is C=CC(=O)NCCCOCC(C)(C)C. The third-order valence-corrected chi connectivity index (χ3v) is 1.49. The molecule has 0 atom stereocenters. The molecule has 1 amide bonds. The predicted molar refractivity (Wildman–Crippen MR) is 58.1 cm³/mol. The van der Waals surface area contributed by atoms with E-state index >= 15 is 0 Å². The van der Waals surface area contributed by atoms with Crippen molar-refractivity contribution >= 4 is 5.91 Å². The minimum atomic E-state index is -0.124. The minimum Gasteiger partial charge on any atom is -0.381 e. The van der Waals surface area contributed by atoms with Gasteiger partial charge in [0.1, 0.15) is 0 Å². The molecule has 0 radical (unpaired) electrons. The van der Waals surface area contributed by atoms with Gasteiger partial charge in [-0.25, -0.2) is 0 Å². The molecule has 82 valence electrons. The molecule has 0 saturated carbocycles. The van der Waals surface area contributed by atoms with Crippen molar-refractivity contribution in [3.63, 3.8) is 0 Å². The first kappa shape index (κ1) is 13.2. The highest BCUT2D eigenvalue weighted by molar-refractivity contribution is 5.86. The van der Waals surface area contributed by atoms with E-state index in [2.05, 4.69) is 32.7 Å². The lowest BCUT2D eigenvalue weighted by atomic mass is 9.99. The van der Waals surface area contributed by atoms with Crippen LogP contribution < -0.4 is 5.32 Å². The summed E-state index contributed by atoms with van der Waals surface area (Å²) in [5.74, 6) is -0.124. The first-order chi connectivity index (χ1) is 6.45. The molecule has 0 aliphatic carbocycles. The Morgan fingerprint density at radius 3 is 2.64 bits per heavy atom. The first-order valence-corrected chi connectivity index (χ1v) is 4.94. The summed E-state index contributed by atoms with van der Waals surface area (Å²) in [6.07, 6.45) is 2.12. The quantitative estimate of drug-likeness (QED) is 0.522. The normalized spacial score (nSPS) is 11.1. The molecule has 0 saturated heterocycles. The summed E-state index contributed by atoms with van der Waals surface area (Å²) in [4.78, 5) is 10.7. The van der Waals surface area contributed by atoms with Gasteiger partial charge in [0, 0.05) is 13.2 Å². The second-order valence-corrected chi connectivity index (χ2v) is 4.46. The van der Waals surface area contributed by atoms with Gasteiger partial charge in [0.25, 0.3) is 0 Å². The fourth-order valence-electron chi connectivity index (χ4n) is 0.836. The topological polar surface area (TPSA) is 38.3 Å². The van der Waals surface area contributed by atoms with E-state index in [1.807, 2.05) is 0 Å². The van der Waals surface area contributed by atoms with Crippen LogP contribution in [0, 0.1) is 5.41 Å². The molecule has 0 heterocycles. The molecular formula is C11H21NO2. The highest BCUT2D eigenvalue weighted by Gasteiger charge is 2.09. The van der Waals surface area contributed by atoms with E-state index in [1.54, 1.807) is 0 Å². The van der Waals surface area contributed by atoms with Crippen LogP contribution in [0.25, 0.3) is 0 Å². The second-order valence-electron chi connectivity index (χ2n) is 4.46. The summed E-state index contributed by atoms with van der Waals surface area (Å²) in [6.45, 7) is 11.8. The highest BCUT2D eigenvalue weighted by Crippen LogP contribution is 2.12. The van der Waals surface area contributed by atoms with E-state index in [4.69, 9.17) is 4.74 Å². The molecule has 0 aromatic rings. The molecule has 0 aliphatic heterocycles. The first-order valence-electron chi connectivity index (χ1n) is 4.94. The van der Waals surface area contributed by atoms with Crippen LogP contribution in [0.4, 0.5) is 0 Å². The molecule has 0 aromatic carbocycles. The van der Waals surface area contributed by atoms with Gasteiger partial charge in [-0.1, -0.05) is 27.4 Å². The predicted octanol–water partition coefficient (Wildman–Crippen LogP) is 1.74. The zero-order valence-corrected chi connectivity index (χ0v) is 9.43. The van der Waals surface area contributed by atoms with Crippen molar-refractivity contribution in [2.75, 3.05) is 19.8 Å². The molecule has 0 rings (SSSR count). The van der Waals surface area contributed by atoms with Crippen LogP contribution in [0.2, 0.25) is 0 Å². The Morgan fingerprint density at radius 1 is 1.50 bits per heavy atom. The summed E-state index contributed by atoms with van der Waals surface area (Å²) >= 11 is 0. The largest absolute Gasteiger partial charge is 0.381 e. The molecule has 0 aliphatic rings. The molecule has 0 fully saturated rings.